The molecule has 0 aliphatic carbocycles. The van der Waals surface area contributed by atoms with Gasteiger partial charge in [0, 0.05) is 24.2 Å². The number of carbonyl (C=O) groups is 1. The Morgan fingerprint density at radius 2 is 2.33 bits per heavy atom. The van der Waals surface area contributed by atoms with Gasteiger partial charge < -0.3 is 14.7 Å². The van der Waals surface area contributed by atoms with Crippen LogP contribution >= 0.6 is 11.6 Å². The number of anilines is 1. The Morgan fingerprint density at radius 3 is 3.06 bits per heavy atom. The SMILES string of the molecule is CC1CCOCCN1c1cc(Cl)cc(C(=O)O)n1. The molecule has 0 amide bonds. The third-order valence-electron chi connectivity index (χ3n) is 2.98. The van der Waals surface area contributed by atoms with Crippen LogP contribution in [-0.2, 0) is 4.74 Å². The third-order valence-corrected chi connectivity index (χ3v) is 3.20. The second kappa shape index (κ2) is 5.54. The fourth-order valence-electron chi connectivity index (χ4n) is 1.98. The summed E-state index contributed by atoms with van der Waals surface area (Å²) in [6.07, 6.45) is 0.886. The molecule has 1 aliphatic heterocycles. The summed E-state index contributed by atoms with van der Waals surface area (Å²) in [7, 11) is 0. The van der Waals surface area contributed by atoms with Gasteiger partial charge in [0.15, 0.2) is 5.69 Å². The Bertz CT molecular complexity index is 453. The van der Waals surface area contributed by atoms with Gasteiger partial charge in [0.25, 0.3) is 0 Å². The molecule has 5 nitrogen and oxygen atoms in total. The second-order valence-electron chi connectivity index (χ2n) is 4.28. The molecular weight excluding hydrogens is 256 g/mol. The molecule has 1 saturated heterocycles. The zero-order valence-electron chi connectivity index (χ0n) is 10.1. The van der Waals surface area contributed by atoms with Gasteiger partial charge in [0.05, 0.1) is 6.61 Å². The minimum Gasteiger partial charge on any atom is -0.477 e. The van der Waals surface area contributed by atoms with Gasteiger partial charge >= 0.3 is 5.97 Å². The summed E-state index contributed by atoms with van der Waals surface area (Å²) in [5, 5.41) is 9.37. The van der Waals surface area contributed by atoms with Crippen LogP contribution in [-0.4, -0.2) is 41.9 Å². The van der Waals surface area contributed by atoms with Crippen molar-refractivity contribution in [2.45, 2.75) is 19.4 Å². The van der Waals surface area contributed by atoms with E-state index < -0.39 is 5.97 Å². The lowest BCUT2D eigenvalue weighted by Crippen LogP contribution is -2.34. The molecule has 2 rings (SSSR count). The topological polar surface area (TPSA) is 62.7 Å². The van der Waals surface area contributed by atoms with Crippen LogP contribution in [0.5, 0.6) is 0 Å². The summed E-state index contributed by atoms with van der Waals surface area (Å²) in [5.41, 5.74) is -0.0325. The van der Waals surface area contributed by atoms with Crippen LogP contribution in [0.2, 0.25) is 5.02 Å². The molecule has 2 heterocycles. The highest BCUT2D eigenvalue weighted by molar-refractivity contribution is 6.31. The van der Waals surface area contributed by atoms with Gasteiger partial charge in [0.1, 0.15) is 5.82 Å². The van der Waals surface area contributed by atoms with Crippen molar-refractivity contribution in [3.8, 4) is 0 Å². The number of ether oxygens (including phenoxy) is 1. The normalized spacial score (nSPS) is 20.6. The Hall–Kier alpha value is -1.33. The molecule has 1 aromatic heterocycles. The molecule has 1 aromatic rings. The molecule has 6 heteroatoms. The first-order valence-electron chi connectivity index (χ1n) is 5.83. The smallest absolute Gasteiger partial charge is 0.354 e. The van der Waals surface area contributed by atoms with Crippen LogP contribution in [0.1, 0.15) is 23.8 Å². The van der Waals surface area contributed by atoms with E-state index in [4.69, 9.17) is 21.4 Å². The van der Waals surface area contributed by atoms with Crippen molar-refractivity contribution in [1.82, 2.24) is 4.98 Å². The van der Waals surface area contributed by atoms with Crippen molar-refractivity contribution < 1.29 is 14.6 Å². The molecule has 0 bridgehead atoms. The predicted octanol–water partition coefficient (Wildman–Crippen LogP) is 2.05. The average molecular weight is 271 g/mol. The first-order chi connectivity index (χ1) is 8.58. The molecule has 0 saturated carbocycles. The molecule has 1 fully saturated rings. The van der Waals surface area contributed by atoms with E-state index in [1.165, 1.54) is 6.07 Å². The van der Waals surface area contributed by atoms with Crippen LogP contribution < -0.4 is 4.90 Å². The lowest BCUT2D eigenvalue weighted by Gasteiger charge is -2.27. The number of carboxylic acids is 1. The molecular formula is C12H15ClN2O3. The number of aromatic nitrogens is 1. The molecule has 1 aliphatic rings. The number of pyridine rings is 1. The number of hydrogen-bond acceptors (Lipinski definition) is 4. The van der Waals surface area contributed by atoms with Crippen molar-refractivity contribution in [1.29, 1.82) is 0 Å². The Balaban J connectivity index is 2.33. The van der Waals surface area contributed by atoms with E-state index in [1.54, 1.807) is 6.07 Å². The highest BCUT2D eigenvalue weighted by atomic mass is 35.5. The van der Waals surface area contributed by atoms with Crippen LogP contribution in [0.15, 0.2) is 12.1 Å². The van der Waals surface area contributed by atoms with Crippen molar-refractivity contribution in [2.24, 2.45) is 0 Å². The van der Waals surface area contributed by atoms with E-state index in [2.05, 4.69) is 11.9 Å². The highest BCUT2D eigenvalue weighted by Crippen LogP contribution is 2.22. The average Bonchev–Trinajstić information content (AvgIpc) is 2.53. The molecule has 98 valence electrons. The highest BCUT2D eigenvalue weighted by Gasteiger charge is 2.20. The van der Waals surface area contributed by atoms with Gasteiger partial charge in [-0.05, 0) is 25.5 Å². The number of nitrogens with zero attached hydrogens (tertiary/aromatic N) is 2. The first-order valence-corrected chi connectivity index (χ1v) is 6.21. The van der Waals surface area contributed by atoms with Gasteiger partial charge in [-0.25, -0.2) is 9.78 Å². The first kappa shape index (κ1) is 13.1. The summed E-state index contributed by atoms with van der Waals surface area (Å²) < 4.78 is 5.41. The van der Waals surface area contributed by atoms with E-state index in [1.807, 2.05) is 4.90 Å². The molecule has 1 unspecified atom stereocenters. The lowest BCUT2D eigenvalue weighted by molar-refractivity contribution is 0.0690. The lowest BCUT2D eigenvalue weighted by atomic mass is 10.2. The fourth-order valence-corrected chi connectivity index (χ4v) is 2.18. The van der Waals surface area contributed by atoms with Crippen molar-refractivity contribution >= 4 is 23.4 Å². The fraction of sp³-hybridized carbons (Fsp3) is 0.500. The Labute approximate surface area is 110 Å². The summed E-state index contributed by atoms with van der Waals surface area (Å²) in [6.45, 7) is 4.08. The number of carboxylic acid groups (broad SMARTS) is 1. The van der Waals surface area contributed by atoms with Crippen molar-refractivity contribution in [3.63, 3.8) is 0 Å². The quantitative estimate of drug-likeness (QED) is 0.891. The van der Waals surface area contributed by atoms with Crippen LogP contribution in [0.4, 0.5) is 5.82 Å². The van der Waals surface area contributed by atoms with Gasteiger partial charge in [-0.1, -0.05) is 11.6 Å². The number of hydrogen-bond donors (Lipinski definition) is 1. The summed E-state index contributed by atoms with van der Waals surface area (Å²) >= 11 is 5.94. The van der Waals surface area contributed by atoms with Crippen LogP contribution in [0.3, 0.4) is 0 Å². The molecule has 0 spiro atoms. The Kier molecular flexibility index (Phi) is 4.04. The summed E-state index contributed by atoms with van der Waals surface area (Å²) in [5.74, 6) is -0.477. The molecule has 0 radical (unpaired) electrons. The second-order valence-corrected chi connectivity index (χ2v) is 4.71. The van der Waals surface area contributed by atoms with Gasteiger partial charge in [-0.2, -0.15) is 0 Å². The zero-order valence-corrected chi connectivity index (χ0v) is 10.9. The summed E-state index contributed by atoms with van der Waals surface area (Å²) in [6, 6.07) is 3.29. The monoisotopic (exact) mass is 270 g/mol. The molecule has 18 heavy (non-hydrogen) atoms. The van der Waals surface area contributed by atoms with Gasteiger partial charge in [-0.15, -0.1) is 0 Å². The number of rotatable bonds is 2. The predicted molar refractivity (Wildman–Crippen MR) is 68.5 cm³/mol. The standard InChI is InChI=1S/C12H15ClN2O3/c1-8-2-4-18-5-3-15(8)11-7-9(13)6-10(14-11)12(16)17/h6-8H,2-5H2,1H3,(H,16,17). The minimum atomic E-state index is -1.07. The van der Waals surface area contributed by atoms with E-state index in [-0.39, 0.29) is 11.7 Å². The maximum absolute atomic E-state index is 11.0. The van der Waals surface area contributed by atoms with Crippen molar-refractivity contribution in [3.05, 3.63) is 22.8 Å². The third kappa shape index (κ3) is 2.91. The van der Waals surface area contributed by atoms with E-state index >= 15 is 0 Å². The maximum atomic E-state index is 11.0. The molecule has 1 atom stereocenters. The van der Waals surface area contributed by atoms with Crippen LogP contribution in [0, 0.1) is 0 Å². The molecule has 0 aromatic carbocycles. The van der Waals surface area contributed by atoms with Crippen LogP contribution in [0.25, 0.3) is 0 Å². The summed E-state index contributed by atoms with van der Waals surface area (Å²) in [4.78, 5) is 17.1. The molecule has 1 N–H and O–H groups in total. The largest absolute Gasteiger partial charge is 0.477 e. The van der Waals surface area contributed by atoms with E-state index in [0.717, 1.165) is 6.42 Å². The zero-order chi connectivity index (χ0) is 13.1. The van der Waals surface area contributed by atoms with Gasteiger partial charge in [-0.3, -0.25) is 0 Å². The Morgan fingerprint density at radius 1 is 1.56 bits per heavy atom. The van der Waals surface area contributed by atoms with E-state index in [9.17, 15) is 4.79 Å². The number of halogens is 1. The van der Waals surface area contributed by atoms with E-state index in [0.29, 0.717) is 30.6 Å². The number of aromatic carboxylic acids is 1. The minimum absolute atomic E-state index is 0.0325. The van der Waals surface area contributed by atoms with Gasteiger partial charge in [0.2, 0.25) is 0 Å². The van der Waals surface area contributed by atoms with Crippen molar-refractivity contribution in [2.75, 3.05) is 24.7 Å². The maximum Gasteiger partial charge on any atom is 0.354 e.